The topological polar surface area (TPSA) is 38.0 Å². The standard InChI is InChI=1S/C9H10N2S/c1-6-9(11-10)7-4-2-3-5-8(7)12-6/h2-5,11H,10H2,1H3. The second-order valence-corrected chi connectivity index (χ2v) is 3.93. The van der Waals surface area contributed by atoms with Gasteiger partial charge < -0.3 is 5.43 Å². The molecule has 0 unspecified atom stereocenters. The number of hydrazine groups is 1. The van der Waals surface area contributed by atoms with E-state index in [4.69, 9.17) is 5.84 Å². The minimum atomic E-state index is 1.05. The summed E-state index contributed by atoms with van der Waals surface area (Å²) in [6.45, 7) is 2.07. The van der Waals surface area contributed by atoms with Gasteiger partial charge in [-0.3, -0.25) is 5.84 Å². The normalized spacial score (nSPS) is 10.5. The van der Waals surface area contributed by atoms with Gasteiger partial charge in [0.2, 0.25) is 0 Å². The second-order valence-electron chi connectivity index (χ2n) is 2.67. The van der Waals surface area contributed by atoms with Gasteiger partial charge in [-0.25, -0.2) is 0 Å². The summed E-state index contributed by atoms with van der Waals surface area (Å²) < 4.78 is 1.28. The molecule has 0 saturated carbocycles. The molecule has 0 amide bonds. The number of hydrogen-bond donors (Lipinski definition) is 2. The van der Waals surface area contributed by atoms with Gasteiger partial charge in [-0.2, -0.15) is 0 Å². The molecule has 1 heterocycles. The highest BCUT2D eigenvalue weighted by atomic mass is 32.1. The zero-order valence-electron chi connectivity index (χ0n) is 6.79. The summed E-state index contributed by atoms with van der Waals surface area (Å²) in [6.07, 6.45) is 0. The third-order valence-electron chi connectivity index (χ3n) is 1.92. The fraction of sp³-hybridized carbons (Fsp3) is 0.111. The Morgan fingerprint density at radius 3 is 2.83 bits per heavy atom. The molecule has 2 rings (SSSR count). The first-order chi connectivity index (χ1) is 5.83. The van der Waals surface area contributed by atoms with Crippen LogP contribution < -0.4 is 11.3 Å². The van der Waals surface area contributed by atoms with Gasteiger partial charge in [0, 0.05) is 15.0 Å². The number of nitrogens with two attached hydrogens (primary N) is 1. The van der Waals surface area contributed by atoms with Crippen LogP contribution in [0.1, 0.15) is 4.88 Å². The number of rotatable bonds is 1. The van der Waals surface area contributed by atoms with Gasteiger partial charge in [-0.15, -0.1) is 11.3 Å². The van der Waals surface area contributed by atoms with Gasteiger partial charge in [-0.05, 0) is 13.0 Å². The quantitative estimate of drug-likeness (QED) is 0.520. The van der Waals surface area contributed by atoms with Crippen molar-refractivity contribution in [3.05, 3.63) is 29.1 Å². The maximum absolute atomic E-state index is 5.42. The first-order valence-electron chi connectivity index (χ1n) is 3.77. The highest BCUT2D eigenvalue weighted by molar-refractivity contribution is 7.19. The van der Waals surface area contributed by atoms with Crippen molar-refractivity contribution < 1.29 is 0 Å². The third kappa shape index (κ3) is 0.983. The molecule has 62 valence electrons. The van der Waals surface area contributed by atoms with E-state index < -0.39 is 0 Å². The lowest BCUT2D eigenvalue weighted by Crippen LogP contribution is -2.06. The van der Waals surface area contributed by atoms with Crippen LogP contribution >= 0.6 is 11.3 Å². The van der Waals surface area contributed by atoms with Gasteiger partial charge in [0.25, 0.3) is 0 Å². The Kier molecular flexibility index (Phi) is 1.75. The van der Waals surface area contributed by atoms with E-state index in [-0.39, 0.29) is 0 Å². The van der Waals surface area contributed by atoms with Gasteiger partial charge in [0.15, 0.2) is 0 Å². The molecule has 12 heavy (non-hydrogen) atoms. The van der Waals surface area contributed by atoms with Crippen molar-refractivity contribution in [1.82, 2.24) is 0 Å². The van der Waals surface area contributed by atoms with Gasteiger partial charge in [0.05, 0.1) is 5.69 Å². The Bertz CT molecular complexity index is 406. The van der Waals surface area contributed by atoms with Crippen molar-refractivity contribution in [2.45, 2.75) is 6.92 Å². The number of hydrogen-bond acceptors (Lipinski definition) is 3. The van der Waals surface area contributed by atoms with Crippen molar-refractivity contribution in [2.24, 2.45) is 5.84 Å². The first kappa shape index (κ1) is 7.58. The molecule has 0 saturated heterocycles. The highest BCUT2D eigenvalue weighted by Gasteiger charge is 2.05. The van der Waals surface area contributed by atoms with E-state index in [1.807, 2.05) is 12.1 Å². The Balaban J connectivity index is 2.81. The van der Waals surface area contributed by atoms with Crippen LogP contribution in [0.4, 0.5) is 5.69 Å². The fourth-order valence-electron chi connectivity index (χ4n) is 1.35. The molecule has 0 spiro atoms. The van der Waals surface area contributed by atoms with Gasteiger partial charge in [-0.1, -0.05) is 18.2 Å². The van der Waals surface area contributed by atoms with Crippen LogP contribution in [0, 0.1) is 6.92 Å². The number of nitrogen functional groups attached to an aromatic ring is 1. The molecule has 2 nitrogen and oxygen atoms in total. The number of aryl methyl sites for hydroxylation is 1. The third-order valence-corrected chi connectivity index (χ3v) is 3.00. The summed E-state index contributed by atoms with van der Waals surface area (Å²) in [6, 6.07) is 8.25. The average molecular weight is 178 g/mol. The van der Waals surface area contributed by atoms with Crippen LogP contribution in [0.25, 0.3) is 10.1 Å². The molecule has 1 aromatic carbocycles. The smallest absolute Gasteiger partial charge is 0.0700 e. The van der Waals surface area contributed by atoms with E-state index in [9.17, 15) is 0 Å². The van der Waals surface area contributed by atoms with Gasteiger partial charge in [0.1, 0.15) is 0 Å². The predicted molar refractivity (Wildman–Crippen MR) is 54.4 cm³/mol. The Morgan fingerprint density at radius 2 is 2.08 bits per heavy atom. The minimum Gasteiger partial charge on any atom is -0.322 e. The van der Waals surface area contributed by atoms with E-state index in [1.165, 1.54) is 15.0 Å². The zero-order chi connectivity index (χ0) is 8.55. The minimum absolute atomic E-state index is 1.05. The summed E-state index contributed by atoms with van der Waals surface area (Å²) in [5, 5.41) is 1.21. The number of nitrogens with one attached hydrogen (secondary N) is 1. The molecule has 0 aliphatic carbocycles. The molecule has 0 bridgehead atoms. The van der Waals surface area contributed by atoms with Crippen molar-refractivity contribution >= 4 is 27.1 Å². The molecule has 3 heteroatoms. The first-order valence-corrected chi connectivity index (χ1v) is 4.59. The monoisotopic (exact) mass is 178 g/mol. The number of anilines is 1. The van der Waals surface area contributed by atoms with E-state index in [1.54, 1.807) is 11.3 Å². The maximum atomic E-state index is 5.42. The van der Waals surface area contributed by atoms with E-state index in [2.05, 4.69) is 24.5 Å². The van der Waals surface area contributed by atoms with Crippen LogP contribution in [-0.4, -0.2) is 0 Å². The average Bonchev–Trinajstić information content (AvgIpc) is 2.40. The Labute approximate surface area is 75.0 Å². The van der Waals surface area contributed by atoms with Crippen molar-refractivity contribution in [2.75, 3.05) is 5.43 Å². The van der Waals surface area contributed by atoms with Crippen molar-refractivity contribution in [3.63, 3.8) is 0 Å². The molecular formula is C9H10N2S. The largest absolute Gasteiger partial charge is 0.322 e. The molecule has 2 aromatic rings. The van der Waals surface area contributed by atoms with E-state index in [0.29, 0.717) is 0 Å². The molecule has 0 aliphatic heterocycles. The Hall–Kier alpha value is -1.06. The molecule has 1 aromatic heterocycles. The summed E-state index contributed by atoms with van der Waals surface area (Å²) in [5.41, 5.74) is 3.78. The van der Waals surface area contributed by atoms with E-state index in [0.717, 1.165) is 5.69 Å². The fourth-order valence-corrected chi connectivity index (χ4v) is 2.37. The zero-order valence-corrected chi connectivity index (χ0v) is 7.61. The van der Waals surface area contributed by atoms with Crippen LogP contribution in [0.3, 0.4) is 0 Å². The summed E-state index contributed by atoms with van der Waals surface area (Å²) in [7, 11) is 0. The predicted octanol–water partition coefficient (Wildman–Crippen LogP) is 2.50. The highest BCUT2D eigenvalue weighted by Crippen LogP contribution is 2.33. The second kappa shape index (κ2) is 2.77. The van der Waals surface area contributed by atoms with Crippen LogP contribution in [0.2, 0.25) is 0 Å². The number of fused-ring (bicyclic) bond motifs is 1. The summed E-state index contributed by atoms with van der Waals surface area (Å²) >= 11 is 1.76. The van der Waals surface area contributed by atoms with Crippen LogP contribution in [0.15, 0.2) is 24.3 Å². The lowest BCUT2D eigenvalue weighted by molar-refractivity contribution is 1.36. The van der Waals surface area contributed by atoms with Gasteiger partial charge >= 0.3 is 0 Å². The molecule has 0 aliphatic rings. The molecular weight excluding hydrogens is 168 g/mol. The summed E-state index contributed by atoms with van der Waals surface area (Å²) in [4.78, 5) is 1.23. The van der Waals surface area contributed by atoms with Crippen LogP contribution in [0.5, 0.6) is 0 Å². The Morgan fingerprint density at radius 1 is 1.33 bits per heavy atom. The SMILES string of the molecule is Cc1sc2ccccc2c1NN. The summed E-state index contributed by atoms with van der Waals surface area (Å²) in [5.74, 6) is 5.42. The molecule has 3 N–H and O–H groups in total. The van der Waals surface area contributed by atoms with Crippen LogP contribution in [-0.2, 0) is 0 Å². The number of benzene rings is 1. The molecule has 0 radical (unpaired) electrons. The number of thiophene rings is 1. The lowest BCUT2D eigenvalue weighted by atomic mass is 10.2. The maximum Gasteiger partial charge on any atom is 0.0700 e. The molecule has 0 fully saturated rings. The van der Waals surface area contributed by atoms with Crippen molar-refractivity contribution in [3.8, 4) is 0 Å². The lowest BCUT2D eigenvalue weighted by Gasteiger charge is -1.97. The van der Waals surface area contributed by atoms with E-state index >= 15 is 0 Å². The molecule has 0 atom stereocenters. The van der Waals surface area contributed by atoms with Crippen molar-refractivity contribution in [1.29, 1.82) is 0 Å².